The van der Waals surface area contributed by atoms with Gasteiger partial charge in [-0.2, -0.15) is 5.26 Å². The molecule has 0 aliphatic heterocycles. The number of nitriles is 1. The minimum atomic E-state index is 0.303. The lowest BCUT2D eigenvalue weighted by atomic mass is 10.0. The Balaban J connectivity index is 2.44. The Labute approximate surface area is 148 Å². The summed E-state index contributed by atoms with van der Waals surface area (Å²) in [5.41, 5.74) is 4.57. The van der Waals surface area contributed by atoms with E-state index in [0.717, 1.165) is 28.2 Å². The molecule has 2 aromatic rings. The first-order valence-electron chi connectivity index (χ1n) is 7.63. The fourth-order valence-corrected chi connectivity index (χ4v) is 2.70. The maximum absolute atomic E-state index is 9.18. The van der Waals surface area contributed by atoms with Crippen LogP contribution in [0.5, 0.6) is 0 Å². The molecule has 2 aromatic carbocycles. The van der Waals surface area contributed by atoms with Crippen LogP contribution >= 0.6 is 11.6 Å². The first kappa shape index (κ1) is 17.7. The normalized spacial score (nSPS) is 10.9. The zero-order valence-corrected chi connectivity index (χ0v) is 14.9. The number of benzene rings is 2. The fraction of sp³-hybridized carbons (Fsp3) is 0.211. The SMILES string of the molecule is CNc1cc(C(=CNc2ccccc2)CC#N)cc(N(C)C)c1Cl. The molecule has 0 unspecified atom stereocenters. The first-order chi connectivity index (χ1) is 11.6. The second-order valence-corrected chi connectivity index (χ2v) is 5.89. The summed E-state index contributed by atoms with van der Waals surface area (Å²) in [6, 6.07) is 16.0. The van der Waals surface area contributed by atoms with Gasteiger partial charge in [-0.05, 0) is 35.4 Å². The molecule has 2 rings (SSSR count). The lowest BCUT2D eigenvalue weighted by Crippen LogP contribution is -2.10. The summed E-state index contributed by atoms with van der Waals surface area (Å²) in [6.45, 7) is 0. The predicted molar refractivity (Wildman–Crippen MR) is 104 cm³/mol. The molecule has 0 saturated heterocycles. The molecule has 0 aromatic heterocycles. The number of nitrogens with zero attached hydrogens (tertiary/aromatic N) is 2. The summed E-state index contributed by atoms with van der Waals surface area (Å²) < 4.78 is 0. The lowest BCUT2D eigenvalue weighted by molar-refractivity contribution is 1.13. The van der Waals surface area contributed by atoms with Gasteiger partial charge in [-0.25, -0.2) is 0 Å². The van der Waals surface area contributed by atoms with Crippen LogP contribution in [0, 0.1) is 11.3 Å². The van der Waals surface area contributed by atoms with Crippen LogP contribution in [0.3, 0.4) is 0 Å². The second-order valence-electron chi connectivity index (χ2n) is 5.52. The van der Waals surface area contributed by atoms with Gasteiger partial charge in [0, 0.05) is 33.0 Å². The number of hydrogen-bond donors (Lipinski definition) is 2. The average Bonchev–Trinajstić information content (AvgIpc) is 2.59. The van der Waals surface area contributed by atoms with Gasteiger partial charge in [0.1, 0.15) is 0 Å². The molecule has 2 N–H and O–H groups in total. The number of nitrogens with one attached hydrogen (secondary N) is 2. The van der Waals surface area contributed by atoms with E-state index in [2.05, 4.69) is 16.7 Å². The Morgan fingerprint density at radius 1 is 1.25 bits per heavy atom. The summed E-state index contributed by atoms with van der Waals surface area (Å²) in [5, 5.41) is 16.2. The largest absolute Gasteiger partial charge is 0.387 e. The Morgan fingerprint density at radius 3 is 2.54 bits per heavy atom. The molecular formula is C19H21ClN4. The van der Waals surface area contributed by atoms with Crippen LogP contribution in [0.4, 0.5) is 17.1 Å². The highest BCUT2D eigenvalue weighted by Gasteiger charge is 2.12. The maximum Gasteiger partial charge on any atom is 0.0870 e. The van der Waals surface area contributed by atoms with Crippen molar-refractivity contribution in [3.63, 3.8) is 0 Å². The third-order valence-electron chi connectivity index (χ3n) is 3.63. The molecule has 0 heterocycles. The average molecular weight is 341 g/mol. The van der Waals surface area contributed by atoms with E-state index >= 15 is 0 Å². The number of anilines is 3. The van der Waals surface area contributed by atoms with Gasteiger partial charge in [-0.15, -0.1) is 0 Å². The highest BCUT2D eigenvalue weighted by molar-refractivity contribution is 6.36. The maximum atomic E-state index is 9.18. The van der Waals surface area contributed by atoms with Gasteiger partial charge in [0.15, 0.2) is 0 Å². The van der Waals surface area contributed by atoms with Crippen molar-refractivity contribution in [3.8, 4) is 6.07 Å². The highest BCUT2D eigenvalue weighted by Crippen LogP contribution is 2.36. The minimum Gasteiger partial charge on any atom is -0.387 e. The lowest BCUT2D eigenvalue weighted by Gasteiger charge is -2.19. The first-order valence-corrected chi connectivity index (χ1v) is 8.01. The third-order valence-corrected chi connectivity index (χ3v) is 4.03. The van der Waals surface area contributed by atoms with E-state index in [1.54, 1.807) is 0 Å². The molecule has 24 heavy (non-hydrogen) atoms. The molecule has 0 saturated carbocycles. The van der Waals surface area contributed by atoms with Crippen LogP contribution in [-0.2, 0) is 0 Å². The molecule has 0 bridgehead atoms. The summed E-state index contributed by atoms with van der Waals surface area (Å²) in [4.78, 5) is 1.96. The van der Waals surface area contributed by atoms with E-state index in [0.29, 0.717) is 11.4 Å². The standard InChI is InChI=1S/C19H21ClN4/c1-22-17-11-15(12-18(19(17)20)24(2)3)14(9-10-21)13-23-16-7-5-4-6-8-16/h4-8,11-13,22-23H,9H2,1-3H3. The van der Waals surface area contributed by atoms with Crippen molar-refractivity contribution in [3.05, 3.63) is 59.3 Å². The Hall–Kier alpha value is -2.64. The topological polar surface area (TPSA) is 51.1 Å². The van der Waals surface area contributed by atoms with E-state index in [4.69, 9.17) is 11.6 Å². The van der Waals surface area contributed by atoms with Crippen molar-refractivity contribution in [2.45, 2.75) is 6.42 Å². The van der Waals surface area contributed by atoms with Crippen LogP contribution in [0.15, 0.2) is 48.7 Å². The van der Waals surface area contributed by atoms with E-state index in [9.17, 15) is 5.26 Å². The molecule has 0 fully saturated rings. The van der Waals surface area contributed by atoms with Gasteiger partial charge in [0.2, 0.25) is 0 Å². The van der Waals surface area contributed by atoms with E-state index in [-0.39, 0.29) is 0 Å². The summed E-state index contributed by atoms with van der Waals surface area (Å²) in [7, 11) is 5.72. The summed E-state index contributed by atoms with van der Waals surface area (Å²) in [5.74, 6) is 0. The smallest absolute Gasteiger partial charge is 0.0870 e. The van der Waals surface area contributed by atoms with Crippen molar-refractivity contribution in [2.75, 3.05) is 36.7 Å². The van der Waals surface area contributed by atoms with Crippen LogP contribution in [0.25, 0.3) is 5.57 Å². The zero-order valence-electron chi connectivity index (χ0n) is 14.1. The fourth-order valence-electron chi connectivity index (χ4n) is 2.33. The molecule has 0 atom stereocenters. The molecule has 0 radical (unpaired) electrons. The van der Waals surface area contributed by atoms with Gasteiger partial charge in [-0.3, -0.25) is 0 Å². The number of halogens is 1. The molecule has 4 nitrogen and oxygen atoms in total. The van der Waals surface area contributed by atoms with Gasteiger partial charge >= 0.3 is 0 Å². The zero-order chi connectivity index (χ0) is 17.5. The van der Waals surface area contributed by atoms with Crippen LogP contribution in [0.2, 0.25) is 5.02 Å². The van der Waals surface area contributed by atoms with Crippen molar-refractivity contribution >= 4 is 34.2 Å². The van der Waals surface area contributed by atoms with Gasteiger partial charge in [-0.1, -0.05) is 29.8 Å². The molecule has 5 heteroatoms. The van der Waals surface area contributed by atoms with Crippen LogP contribution < -0.4 is 15.5 Å². The van der Waals surface area contributed by atoms with Crippen molar-refractivity contribution in [2.24, 2.45) is 0 Å². The van der Waals surface area contributed by atoms with E-state index in [1.165, 1.54) is 0 Å². The van der Waals surface area contributed by atoms with Crippen LogP contribution in [-0.4, -0.2) is 21.1 Å². The summed E-state index contributed by atoms with van der Waals surface area (Å²) >= 11 is 6.43. The highest BCUT2D eigenvalue weighted by atomic mass is 35.5. The molecule has 0 amide bonds. The Kier molecular flexibility index (Phi) is 6.11. The Bertz CT molecular complexity index is 761. The van der Waals surface area contributed by atoms with Crippen molar-refractivity contribution < 1.29 is 0 Å². The van der Waals surface area contributed by atoms with Gasteiger partial charge in [0.25, 0.3) is 0 Å². The predicted octanol–water partition coefficient (Wildman–Crippen LogP) is 4.81. The summed E-state index contributed by atoms with van der Waals surface area (Å²) in [6.07, 6.45) is 2.18. The molecule has 124 valence electrons. The van der Waals surface area contributed by atoms with E-state index < -0.39 is 0 Å². The molecular weight excluding hydrogens is 320 g/mol. The minimum absolute atomic E-state index is 0.303. The monoisotopic (exact) mass is 340 g/mol. The van der Waals surface area contributed by atoms with Gasteiger partial charge in [0.05, 0.1) is 28.9 Å². The quantitative estimate of drug-likeness (QED) is 0.792. The van der Waals surface area contributed by atoms with Crippen LogP contribution in [0.1, 0.15) is 12.0 Å². The van der Waals surface area contributed by atoms with Crippen molar-refractivity contribution in [1.29, 1.82) is 5.26 Å². The van der Waals surface area contributed by atoms with Crippen molar-refractivity contribution in [1.82, 2.24) is 0 Å². The molecule has 0 aliphatic rings. The Morgan fingerprint density at radius 2 is 1.96 bits per heavy atom. The number of para-hydroxylation sites is 1. The number of allylic oxidation sites excluding steroid dienone is 1. The number of hydrogen-bond acceptors (Lipinski definition) is 4. The second kappa shape index (κ2) is 8.28. The molecule has 0 aliphatic carbocycles. The molecule has 0 spiro atoms. The number of rotatable bonds is 6. The third kappa shape index (κ3) is 4.21. The van der Waals surface area contributed by atoms with E-state index in [1.807, 2.05) is 74.7 Å². The van der Waals surface area contributed by atoms with Gasteiger partial charge < -0.3 is 15.5 Å².